The van der Waals surface area contributed by atoms with Gasteiger partial charge in [0.15, 0.2) is 0 Å². The van der Waals surface area contributed by atoms with Crippen molar-refractivity contribution in [3.8, 4) is 0 Å². The van der Waals surface area contributed by atoms with E-state index in [2.05, 4.69) is 5.32 Å². The predicted octanol–water partition coefficient (Wildman–Crippen LogP) is 1.27. The molecule has 0 aromatic carbocycles. The lowest BCUT2D eigenvalue weighted by molar-refractivity contribution is 0.0315. The van der Waals surface area contributed by atoms with Crippen molar-refractivity contribution in [1.29, 1.82) is 0 Å². The van der Waals surface area contributed by atoms with Gasteiger partial charge in [-0.2, -0.15) is 4.31 Å². The summed E-state index contributed by atoms with van der Waals surface area (Å²) in [5, 5.41) is 4.92. The Bertz CT molecular complexity index is 513. The minimum absolute atomic E-state index is 0.0476. The summed E-state index contributed by atoms with van der Waals surface area (Å²) in [6.45, 7) is 4.09. The average molecular weight is 304 g/mol. The van der Waals surface area contributed by atoms with Crippen LogP contribution in [0.15, 0.2) is 15.7 Å². The summed E-state index contributed by atoms with van der Waals surface area (Å²) in [5.74, 6) is 0. The zero-order chi connectivity index (χ0) is 13.9. The third-order valence-corrected chi connectivity index (χ3v) is 6.63. The van der Waals surface area contributed by atoms with Gasteiger partial charge >= 0.3 is 0 Å². The Balaban J connectivity index is 2.24. The van der Waals surface area contributed by atoms with Gasteiger partial charge in [0.05, 0.1) is 13.2 Å². The molecule has 7 heteroatoms. The molecule has 0 spiro atoms. The van der Waals surface area contributed by atoms with Crippen LogP contribution in [0.2, 0.25) is 0 Å². The molecule has 0 aliphatic carbocycles. The summed E-state index contributed by atoms with van der Waals surface area (Å²) in [6, 6.07) is 1.71. The number of hydrogen-bond donors (Lipinski definition) is 1. The second-order valence-corrected chi connectivity index (χ2v) is 7.59. The molecule has 19 heavy (non-hydrogen) atoms. The first kappa shape index (κ1) is 14.9. The molecule has 108 valence electrons. The van der Waals surface area contributed by atoms with Gasteiger partial charge in [-0.25, -0.2) is 8.42 Å². The number of morpholine rings is 1. The maximum atomic E-state index is 12.6. The fourth-order valence-corrected chi connectivity index (χ4v) is 5.18. The van der Waals surface area contributed by atoms with E-state index in [4.69, 9.17) is 4.74 Å². The number of sulfonamides is 1. The lowest BCUT2D eigenvalue weighted by Crippen LogP contribution is -2.48. The highest BCUT2D eigenvalue weighted by Gasteiger charge is 2.33. The molecule has 5 nitrogen and oxygen atoms in total. The van der Waals surface area contributed by atoms with Crippen LogP contribution in [0.1, 0.15) is 18.9 Å². The molecule has 0 saturated carbocycles. The molecule has 2 rings (SSSR count). The summed E-state index contributed by atoms with van der Waals surface area (Å²) in [7, 11) is -1.53. The van der Waals surface area contributed by atoms with Gasteiger partial charge in [-0.3, -0.25) is 0 Å². The van der Waals surface area contributed by atoms with Crippen LogP contribution in [-0.2, 0) is 21.3 Å². The Morgan fingerprint density at radius 2 is 2.37 bits per heavy atom. The molecule has 0 radical (unpaired) electrons. The molecule has 1 saturated heterocycles. The summed E-state index contributed by atoms with van der Waals surface area (Å²) in [6.07, 6.45) is 0.772. The number of thiophene rings is 1. The van der Waals surface area contributed by atoms with E-state index < -0.39 is 10.0 Å². The lowest BCUT2D eigenvalue weighted by atomic mass is 10.2. The minimum Gasteiger partial charge on any atom is -0.378 e. The normalized spacial score (nSPS) is 21.7. The highest BCUT2D eigenvalue weighted by molar-refractivity contribution is 7.91. The van der Waals surface area contributed by atoms with Gasteiger partial charge in [0.25, 0.3) is 10.0 Å². The van der Waals surface area contributed by atoms with Crippen LogP contribution in [-0.4, -0.2) is 45.6 Å². The van der Waals surface area contributed by atoms with Crippen molar-refractivity contribution in [3.05, 3.63) is 17.0 Å². The molecule has 1 aliphatic rings. The molecule has 1 atom stereocenters. The quantitative estimate of drug-likeness (QED) is 0.890. The topological polar surface area (TPSA) is 58.6 Å². The van der Waals surface area contributed by atoms with Crippen LogP contribution < -0.4 is 5.32 Å². The fourth-order valence-electron chi connectivity index (χ4n) is 2.18. The van der Waals surface area contributed by atoms with Gasteiger partial charge in [0, 0.05) is 19.1 Å². The molecular formula is C12H20N2O3S2. The lowest BCUT2D eigenvalue weighted by Gasteiger charge is -2.33. The number of ether oxygens (including phenoxy) is 1. The van der Waals surface area contributed by atoms with Crippen molar-refractivity contribution in [2.45, 2.75) is 30.1 Å². The number of rotatable bonds is 5. The molecule has 1 aromatic rings. The summed E-state index contributed by atoms with van der Waals surface area (Å²) >= 11 is 1.29. The van der Waals surface area contributed by atoms with E-state index in [1.807, 2.05) is 19.4 Å². The fraction of sp³-hybridized carbons (Fsp3) is 0.667. The smallest absolute Gasteiger partial charge is 0.252 e. The van der Waals surface area contributed by atoms with Crippen molar-refractivity contribution in [2.24, 2.45) is 0 Å². The van der Waals surface area contributed by atoms with Gasteiger partial charge in [-0.05, 0) is 30.5 Å². The molecule has 1 unspecified atom stereocenters. The summed E-state index contributed by atoms with van der Waals surface area (Å²) in [4.78, 5) is 0. The summed E-state index contributed by atoms with van der Waals surface area (Å²) in [5.41, 5.74) is 1.01. The largest absolute Gasteiger partial charge is 0.378 e. The SMILES string of the molecule is CCC1COCCN1S(=O)(=O)c1cc(CNC)cs1. The Morgan fingerprint density at radius 3 is 3.05 bits per heavy atom. The number of nitrogens with zero attached hydrogens (tertiary/aromatic N) is 1. The molecule has 1 aliphatic heterocycles. The van der Waals surface area contributed by atoms with Crippen molar-refractivity contribution in [1.82, 2.24) is 9.62 Å². The third-order valence-electron chi connectivity index (χ3n) is 3.22. The van der Waals surface area contributed by atoms with Crippen molar-refractivity contribution < 1.29 is 13.2 Å². The molecule has 1 N–H and O–H groups in total. The molecule has 1 aromatic heterocycles. The first-order valence-electron chi connectivity index (χ1n) is 6.41. The monoisotopic (exact) mass is 304 g/mol. The molecule has 0 bridgehead atoms. The van der Waals surface area contributed by atoms with E-state index in [9.17, 15) is 8.42 Å². The Morgan fingerprint density at radius 1 is 1.58 bits per heavy atom. The number of nitrogens with one attached hydrogen (secondary N) is 1. The first-order valence-corrected chi connectivity index (χ1v) is 8.73. The van der Waals surface area contributed by atoms with Crippen LogP contribution in [0.25, 0.3) is 0 Å². The molecule has 2 heterocycles. The number of hydrogen-bond acceptors (Lipinski definition) is 5. The average Bonchev–Trinajstić information content (AvgIpc) is 2.88. The van der Waals surface area contributed by atoms with Crippen LogP contribution in [0.4, 0.5) is 0 Å². The minimum atomic E-state index is -3.38. The van der Waals surface area contributed by atoms with Crippen LogP contribution in [0, 0.1) is 0 Å². The van der Waals surface area contributed by atoms with Crippen molar-refractivity contribution >= 4 is 21.4 Å². The second-order valence-electron chi connectivity index (χ2n) is 4.56. The molecular weight excluding hydrogens is 284 g/mol. The zero-order valence-electron chi connectivity index (χ0n) is 11.3. The van der Waals surface area contributed by atoms with Crippen molar-refractivity contribution in [3.63, 3.8) is 0 Å². The van der Waals surface area contributed by atoms with E-state index in [0.717, 1.165) is 12.0 Å². The molecule has 0 amide bonds. The van der Waals surface area contributed by atoms with Gasteiger partial charge in [-0.15, -0.1) is 11.3 Å². The van der Waals surface area contributed by atoms with Gasteiger partial charge in [0.2, 0.25) is 0 Å². The Kier molecular flexibility index (Phi) is 4.97. The van der Waals surface area contributed by atoms with Crippen LogP contribution >= 0.6 is 11.3 Å². The highest BCUT2D eigenvalue weighted by atomic mass is 32.2. The van der Waals surface area contributed by atoms with Crippen LogP contribution in [0.5, 0.6) is 0 Å². The van der Waals surface area contributed by atoms with Gasteiger partial charge in [-0.1, -0.05) is 6.92 Å². The van der Waals surface area contributed by atoms with Gasteiger partial charge < -0.3 is 10.1 Å². The highest BCUT2D eigenvalue weighted by Crippen LogP contribution is 2.27. The maximum Gasteiger partial charge on any atom is 0.252 e. The van der Waals surface area contributed by atoms with E-state index >= 15 is 0 Å². The van der Waals surface area contributed by atoms with Gasteiger partial charge in [0.1, 0.15) is 4.21 Å². The predicted molar refractivity (Wildman–Crippen MR) is 75.9 cm³/mol. The zero-order valence-corrected chi connectivity index (χ0v) is 12.9. The Labute approximate surface area is 118 Å². The summed E-state index contributed by atoms with van der Waals surface area (Å²) < 4.78 is 32.7. The van der Waals surface area contributed by atoms with Crippen LogP contribution in [0.3, 0.4) is 0 Å². The maximum absolute atomic E-state index is 12.6. The van der Waals surface area contributed by atoms with E-state index in [-0.39, 0.29) is 6.04 Å². The van der Waals surface area contributed by atoms with Crippen molar-refractivity contribution in [2.75, 3.05) is 26.8 Å². The third kappa shape index (κ3) is 3.17. The standard InChI is InChI=1S/C12H20N2O3S2/c1-3-11-8-17-5-4-14(11)19(15,16)12-6-10(7-13-2)9-18-12/h6,9,11,13H,3-5,7-8H2,1-2H3. The van der Waals surface area contributed by atoms with E-state index in [0.29, 0.717) is 30.5 Å². The first-order chi connectivity index (χ1) is 9.09. The second kappa shape index (κ2) is 6.32. The van der Waals surface area contributed by atoms with E-state index in [1.54, 1.807) is 10.4 Å². The molecule has 1 fully saturated rings. The Hall–Kier alpha value is -0.470. The van der Waals surface area contributed by atoms with E-state index in [1.165, 1.54) is 11.3 Å².